The minimum absolute atomic E-state index is 0.0618. The fraction of sp³-hybridized carbons (Fsp3) is 0.0769. The van der Waals surface area contributed by atoms with Gasteiger partial charge >= 0.3 is 0 Å². The van der Waals surface area contributed by atoms with Crippen molar-refractivity contribution in [1.29, 1.82) is 0 Å². The maximum atomic E-state index is 12.0. The lowest BCUT2D eigenvalue weighted by Gasteiger charge is -1.96. The van der Waals surface area contributed by atoms with E-state index in [0.29, 0.717) is 6.54 Å². The Kier molecular flexibility index (Phi) is 5.44. The molecule has 0 aromatic heterocycles. The SMILES string of the molecule is Fc1cc(F)c(F)c(F)c1F.NCc1ccccc1. The maximum absolute atomic E-state index is 12.0. The quantitative estimate of drug-likeness (QED) is 0.481. The minimum Gasteiger partial charge on any atom is -0.326 e. The van der Waals surface area contributed by atoms with E-state index in [1.54, 1.807) is 0 Å². The number of rotatable bonds is 1. The van der Waals surface area contributed by atoms with Crippen LogP contribution < -0.4 is 5.73 Å². The highest BCUT2D eigenvalue weighted by molar-refractivity contribution is 5.14. The average molecular weight is 275 g/mol. The predicted octanol–water partition coefficient (Wildman–Crippen LogP) is 3.53. The van der Waals surface area contributed by atoms with Crippen molar-refractivity contribution in [3.05, 3.63) is 71.0 Å². The second-order valence-electron chi connectivity index (χ2n) is 3.47. The highest BCUT2D eigenvalue weighted by atomic mass is 19.2. The molecular formula is C13H10F5N. The Morgan fingerprint density at radius 3 is 1.58 bits per heavy atom. The maximum Gasteiger partial charge on any atom is 0.200 e. The molecule has 0 aliphatic rings. The van der Waals surface area contributed by atoms with Crippen LogP contribution in [0.15, 0.2) is 36.4 Å². The minimum atomic E-state index is -2.14. The molecule has 0 spiro atoms. The lowest BCUT2D eigenvalue weighted by Crippen LogP contribution is -1.98. The fourth-order valence-electron chi connectivity index (χ4n) is 1.16. The molecule has 2 aromatic carbocycles. The molecule has 102 valence electrons. The Morgan fingerprint density at radius 2 is 1.21 bits per heavy atom. The lowest BCUT2D eigenvalue weighted by atomic mass is 10.2. The third kappa shape index (κ3) is 4.03. The Hall–Kier alpha value is -1.95. The summed E-state index contributed by atoms with van der Waals surface area (Å²) >= 11 is 0. The van der Waals surface area contributed by atoms with Crippen molar-refractivity contribution in [3.8, 4) is 0 Å². The molecule has 0 aliphatic carbocycles. The van der Waals surface area contributed by atoms with Gasteiger partial charge in [-0.3, -0.25) is 0 Å². The second kappa shape index (κ2) is 6.84. The van der Waals surface area contributed by atoms with Gasteiger partial charge in [-0.25, -0.2) is 22.0 Å². The standard InChI is InChI=1S/C7H9N.C6HF5/c8-6-7-4-2-1-3-5-7;7-2-1-3(8)5(10)6(11)4(2)9/h1-5H,6,8H2;1H. The van der Waals surface area contributed by atoms with Gasteiger partial charge in [0.15, 0.2) is 23.3 Å². The van der Waals surface area contributed by atoms with E-state index in [1.807, 2.05) is 30.3 Å². The van der Waals surface area contributed by atoms with Crippen LogP contribution in [0.3, 0.4) is 0 Å². The Balaban J connectivity index is 0.000000200. The summed E-state index contributed by atoms with van der Waals surface area (Å²) in [5, 5.41) is 0. The molecule has 0 saturated heterocycles. The molecule has 2 rings (SSSR count). The lowest BCUT2D eigenvalue weighted by molar-refractivity contribution is 0.378. The summed E-state index contributed by atoms with van der Waals surface area (Å²) in [6, 6.07) is 9.93. The normalized spacial score (nSPS) is 9.79. The van der Waals surface area contributed by atoms with Crippen LogP contribution in [0.2, 0.25) is 0 Å². The molecule has 0 bridgehead atoms. The van der Waals surface area contributed by atoms with Crippen LogP contribution in [0.1, 0.15) is 5.56 Å². The predicted molar refractivity (Wildman–Crippen MR) is 60.6 cm³/mol. The fourth-order valence-corrected chi connectivity index (χ4v) is 1.16. The molecule has 0 amide bonds. The van der Waals surface area contributed by atoms with Crippen molar-refractivity contribution in [2.45, 2.75) is 6.54 Å². The average Bonchev–Trinajstić information content (AvgIpc) is 2.44. The van der Waals surface area contributed by atoms with E-state index < -0.39 is 29.1 Å². The van der Waals surface area contributed by atoms with Gasteiger partial charge < -0.3 is 5.73 Å². The molecule has 0 atom stereocenters. The summed E-state index contributed by atoms with van der Waals surface area (Å²) in [4.78, 5) is 0. The number of nitrogens with two attached hydrogens (primary N) is 1. The van der Waals surface area contributed by atoms with Crippen LogP contribution in [-0.2, 0) is 6.54 Å². The number of hydrogen-bond donors (Lipinski definition) is 1. The van der Waals surface area contributed by atoms with E-state index in [2.05, 4.69) is 0 Å². The Morgan fingerprint density at radius 1 is 0.737 bits per heavy atom. The molecule has 6 heteroatoms. The third-order valence-corrected chi connectivity index (χ3v) is 2.14. The zero-order valence-corrected chi connectivity index (χ0v) is 9.64. The zero-order valence-electron chi connectivity index (χ0n) is 9.64. The topological polar surface area (TPSA) is 26.0 Å². The van der Waals surface area contributed by atoms with Crippen molar-refractivity contribution in [1.82, 2.24) is 0 Å². The van der Waals surface area contributed by atoms with Gasteiger partial charge in [0.1, 0.15) is 0 Å². The van der Waals surface area contributed by atoms with Crippen molar-refractivity contribution in [3.63, 3.8) is 0 Å². The summed E-state index contributed by atoms with van der Waals surface area (Å²) in [6.45, 7) is 0.640. The molecule has 2 N–H and O–H groups in total. The number of hydrogen-bond acceptors (Lipinski definition) is 1. The largest absolute Gasteiger partial charge is 0.326 e. The summed E-state index contributed by atoms with van der Waals surface area (Å²) in [5.41, 5.74) is 6.54. The van der Waals surface area contributed by atoms with Gasteiger partial charge in [0.25, 0.3) is 0 Å². The molecule has 0 heterocycles. The molecule has 0 radical (unpaired) electrons. The van der Waals surface area contributed by atoms with E-state index in [-0.39, 0.29) is 6.07 Å². The summed E-state index contributed by atoms with van der Waals surface area (Å²) in [6.07, 6.45) is 0. The van der Waals surface area contributed by atoms with E-state index in [4.69, 9.17) is 5.73 Å². The molecule has 19 heavy (non-hydrogen) atoms. The highest BCUT2D eigenvalue weighted by Crippen LogP contribution is 2.16. The molecule has 1 nitrogen and oxygen atoms in total. The summed E-state index contributed by atoms with van der Waals surface area (Å²) in [5.74, 6) is -9.65. The van der Waals surface area contributed by atoms with Gasteiger partial charge in [-0.2, -0.15) is 0 Å². The number of halogens is 5. The summed E-state index contributed by atoms with van der Waals surface area (Å²) in [7, 11) is 0. The highest BCUT2D eigenvalue weighted by Gasteiger charge is 2.18. The van der Waals surface area contributed by atoms with E-state index >= 15 is 0 Å². The smallest absolute Gasteiger partial charge is 0.200 e. The van der Waals surface area contributed by atoms with Crippen LogP contribution in [0.4, 0.5) is 22.0 Å². The third-order valence-electron chi connectivity index (χ3n) is 2.14. The van der Waals surface area contributed by atoms with Crippen molar-refractivity contribution >= 4 is 0 Å². The first kappa shape index (κ1) is 15.1. The zero-order chi connectivity index (χ0) is 14.4. The van der Waals surface area contributed by atoms with E-state index in [1.165, 1.54) is 5.56 Å². The van der Waals surface area contributed by atoms with Crippen molar-refractivity contribution < 1.29 is 22.0 Å². The van der Waals surface area contributed by atoms with Crippen molar-refractivity contribution in [2.24, 2.45) is 5.73 Å². The van der Waals surface area contributed by atoms with Crippen LogP contribution in [0.25, 0.3) is 0 Å². The molecule has 0 saturated carbocycles. The van der Waals surface area contributed by atoms with Gasteiger partial charge in [0, 0.05) is 12.6 Å². The summed E-state index contributed by atoms with van der Waals surface area (Å²) < 4.78 is 60.0. The first-order valence-corrected chi connectivity index (χ1v) is 5.19. The second-order valence-corrected chi connectivity index (χ2v) is 3.47. The van der Waals surface area contributed by atoms with Gasteiger partial charge in [0.05, 0.1) is 0 Å². The first-order valence-electron chi connectivity index (χ1n) is 5.19. The molecule has 0 fully saturated rings. The van der Waals surface area contributed by atoms with Gasteiger partial charge in [-0.1, -0.05) is 30.3 Å². The molecule has 2 aromatic rings. The monoisotopic (exact) mass is 275 g/mol. The molecular weight excluding hydrogens is 265 g/mol. The van der Waals surface area contributed by atoms with Crippen LogP contribution in [-0.4, -0.2) is 0 Å². The molecule has 0 unspecified atom stereocenters. The molecule has 0 aliphatic heterocycles. The van der Waals surface area contributed by atoms with E-state index in [0.717, 1.165) is 0 Å². The van der Waals surface area contributed by atoms with E-state index in [9.17, 15) is 22.0 Å². The van der Waals surface area contributed by atoms with Crippen LogP contribution >= 0.6 is 0 Å². The Bertz CT molecular complexity index is 516. The Labute approximate surface area is 106 Å². The first-order chi connectivity index (χ1) is 8.97. The van der Waals surface area contributed by atoms with Crippen molar-refractivity contribution in [2.75, 3.05) is 0 Å². The van der Waals surface area contributed by atoms with Crippen LogP contribution in [0, 0.1) is 29.1 Å². The van der Waals surface area contributed by atoms with Gasteiger partial charge in [-0.05, 0) is 5.56 Å². The number of benzene rings is 2. The van der Waals surface area contributed by atoms with Crippen LogP contribution in [0.5, 0.6) is 0 Å². The van der Waals surface area contributed by atoms with Gasteiger partial charge in [-0.15, -0.1) is 0 Å². The van der Waals surface area contributed by atoms with Gasteiger partial charge in [0.2, 0.25) is 5.82 Å².